The van der Waals surface area contributed by atoms with Gasteiger partial charge >= 0.3 is 0 Å². The molecule has 12 heavy (non-hydrogen) atoms. The number of nitrogens with zero attached hydrogens (tertiary/aromatic N) is 3. The molecule has 0 spiro atoms. The molecule has 0 aliphatic heterocycles. The van der Waals surface area contributed by atoms with Gasteiger partial charge < -0.3 is 4.90 Å². The molecule has 0 saturated heterocycles. The lowest BCUT2D eigenvalue weighted by atomic mass is 10.3. The topological polar surface area (TPSA) is 29.0 Å². The fourth-order valence-electron chi connectivity index (χ4n) is 0.780. The quantitative estimate of drug-likeness (QED) is 0.625. The molecule has 0 unspecified atom stereocenters. The number of rotatable bonds is 1. The maximum absolute atomic E-state index is 5.89. The molecule has 1 aromatic rings. The highest BCUT2D eigenvalue weighted by atomic mass is 35.5. The van der Waals surface area contributed by atoms with E-state index in [1.165, 1.54) is 0 Å². The summed E-state index contributed by atoms with van der Waals surface area (Å²) >= 11 is 5.89. The lowest BCUT2D eigenvalue weighted by Gasteiger charge is -2.11. The normalized spacial score (nSPS) is 10.1. The summed E-state index contributed by atoms with van der Waals surface area (Å²) in [6.07, 6.45) is 0. The van der Waals surface area contributed by atoms with Gasteiger partial charge in [-0.2, -0.15) is 0 Å². The Balaban J connectivity index is 3.21. The van der Waals surface area contributed by atoms with E-state index in [1.807, 2.05) is 32.8 Å². The zero-order valence-electron chi connectivity index (χ0n) is 7.72. The molecule has 66 valence electrons. The molecule has 0 aromatic carbocycles. The maximum Gasteiger partial charge on any atom is 0.226 e. The van der Waals surface area contributed by atoms with E-state index in [4.69, 9.17) is 11.6 Å². The van der Waals surface area contributed by atoms with Crippen molar-refractivity contribution in [3.8, 4) is 0 Å². The maximum atomic E-state index is 5.89. The molecule has 1 aromatic heterocycles. The average Bonchev–Trinajstić information content (AvgIpc) is 1.99. The smallest absolute Gasteiger partial charge is 0.226 e. The summed E-state index contributed by atoms with van der Waals surface area (Å²) in [6.45, 7) is 3.84. The van der Waals surface area contributed by atoms with E-state index in [0.29, 0.717) is 11.1 Å². The third kappa shape index (κ3) is 1.67. The van der Waals surface area contributed by atoms with Crippen LogP contribution in [0.25, 0.3) is 0 Å². The predicted octanol–water partition coefficient (Wildman–Crippen LogP) is 1.81. The molecule has 1 heterocycles. The molecule has 0 radical (unpaired) electrons. The van der Waals surface area contributed by atoms with E-state index < -0.39 is 0 Å². The van der Waals surface area contributed by atoms with Gasteiger partial charge in [0.1, 0.15) is 5.15 Å². The van der Waals surface area contributed by atoms with Gasteiger partial charge in [-0.3, -0.25) is 0 Å². The van der Waals surface area contributed by atoms with Crippen LogP contribution in [0, 0.1) is 13.8 Å². The summed E-state index contributed by atoms with van der Waals surface area (Å²) in [6, 6.07) is 0. The van der Waals surface area contributed by atoms with Crippen molar-refractivity contribution in [3.05, 3.63) is 16.4 Å². The molecule has 3 nitrogen and oxygen atoms in total. The second-order valence-electron chi connectivity index (χ2n) is 2.92. The van der Waals surface area contributed by atoms with Crippen LogP contribution in [0.2, 0.25) is 5.15 Å². The van der Waals surface area contributed by atoms with Crippen LogP contribution >= 0.6 is 11.6 Å². The second-order valence-corrected chi connectivity index (χ2v) is 3.28. The molecule has 0 aliphatic carbocycles. The number of anilines is 1. The highest BCUT2D eigenvalue weighted by Gasteiger charge is 2.06. The monoisotopic (exact) mass is 185 g/mol. The van der Waals surface area contributed by atoms with Crippen molar-refractivity contribution in [1.82, 2.24) is 9.97 Å². The molecule has 0 amide bonds. The van der Waals surface area contributed by atoms with Crippen molar-refractivity contribution in [2.75, 3.05) is 19.0 Å². The fourth-order valence-corrected chi connectivity index (χ4v) is 0.992. The van der Waals surface area contributed by atoms with Gasteiger partial charge in [0.25, 0.3) is 0 Å². The number of aromatic nitrogens is 2. The number of aryl methyl sites for hydroxylation is 1. The molecular weight excluding hydrogens is 174 g/mol. The van der Waals surface area contributed by atoms with Gasteiger partial charge in [-0.05, 0) is 13.8 Å². The molecule has 0 aliphatic rings. The van der Waals surface area contributed by atoms with Gasteiger partial charge in [0.15, 0.2) is 0 Å². The van der Waals surface area contributed by atoms with Crippen LogP contribution in [-0.2, 0) is 0 Å². The first kappa shape index (κ1) is 9.26. The van der Waals surface area contributed by atoms with E-state index in [1.54, 1.807) is 0 Å². The highest BCUT2D eigenvalue weighted by molar-refractivity contribution is 6.30. The molecular formula is C8H12ClN3. The minimum absolute atomic E-state index is 0.534. The van der Waals surface area contributed by atoms with Gasteiger partial charge in [0.05, 0.1) is 0 Å². The van der Waals surface area contributed by atoms with Gasteiger partial charge in [-0.1, -0.05) is 11.6 Å². The summed E-state index contributed by atoms with van der Waals surface area (Å²) in [5, 5.41) is 0.534. The standard InChI is InChI=1S/C8H12ClN3/c1-5-6(2)10-8(12(3)4)11-7(5)9/h1-4H3. The third-order valence-corrected chi connectivity index (χ3v) is 2.09. The van der Waals surface area contributed by atoms with Gasteiger partial charge in [0.2, 0.25) is 5.95 Å². The van der Waals surface area contributed by atoms with Crippen molar-refractivity contribution in [3.63, 3.8) is 0 Å². The van der Waals surface area contributed by atoms with E-state index in [0.717, 1.165) is 11.3 Å². The van der Waals surface area contributed by atoms with Crippen LogP contribution in [0.15, 0.2) is 0 Å². The molecule has 0 saturated carbocycles. The van der Waals surface area contributed by atoms with Crippen LogP contribution < -0.4 is 4.90 Å². The van der Waals surface area contributed by atoms with Crippen LogP contribution in [0.5, 0.6) is 0 Å². The molecule has 0 N–H and O–H groups in total. The summed E-state index contributed by atoms with van der Waals surface area (Å²) in [4.78, 5) is 10.2. The Morgan fingerprint density at radius 2 is 1.75 bits per heavy atom. The number of hydrogen-bond donors (Lipinski definition) is 0. The lowest BCUT2D eigenvalue weighted by Crippen LogP contribution is -2.13. The summed E-state index contributed by atoms with van der Waals surface area (Å²) in [5.74, 6) is 0.656. The van der Waals surface area contributed by atoms with Crippen molar-refractivity contribution < 1.29 is 0 Å². The van der Waals surface area contributed by atoms with Crippen LogP contribution in [0.3, 0.4) is 0 Å². The second kappa shape index (κ2) is 3.27. The molecule has 0 atom stereocenters. The Bertz CT molecular complexity index is 273. The highest BCUT2D eigenvalue weighted by Crippen LogP contribution is 2.17. The van der Waals surface area contributed by atoms with Gasteiger partial charge in [-0.15, -0.1) is 0 Å². The van der Waals surface area contributed by atoms with Crippen molar-refractivity contribution in [2.45, 2.75) is 13.8 Å². The SMILES string of the molecule is Cc1nc(N(C)C)nc(Cl)c1C. The predicted molar refractivity (Wildman–Crippen MR) is 50.8 cm³/mol. The molecule has 1 rings (SSSR count). The Morgan fingerprint density at radius 3 is 2.17 bits per heavy atom. The van der Waals surface area contributed by atoms with Crippen LogP contribution in [0.1, 0.15) is 11.3 Å². The van der Waals surface area contributed by atoms with Crippen LogP contribution in [-0.4, -0.2) is 24.1 Å². The van der Waals surface area contributed by atoms with Gasteiger partial charge in [-0.25, -0.2) is 9.97 Å². The average molecular weight is 186 g/mol. The number of hydrogen-bond acceptors (Lipinski definition) is 3. The summed E-state index contributed by atoms with van der Waals surface area (Å²) in [5.41, 5.74) is 1.88. The first-order chi connectivity index (χ1) is 5.52. The summed E-state index contributed by atoms with van der Waals surface area (Å²) in [7, 11) is 3.78. The van der Waals surface area contributed by atoms with Crippen molar-refractivity contribution in [2.24, 2.45) is 0 Å². The fraction of sp³-hybridized carbons (Fsp3) is 0.500. The minimum atomic E-state index is 0.534. The Morgan fingerprint density at radius 1 is 1.17 bits per heavy atom. The van der Waals surface area contributed by atoms with E-state index >= 15 is 0 Å². The van der Waals surface area contributed by atoms with E-state index in [-0.39, 0.29) is 0 Å². The van der Waals surface area contributed by atoms with Crippen molar-refractivity contribution >= 4 is 17.5 Å². The Kier molecular flexibility index (Phi) is 2.52. The number of halogens is 1. The Labute approximate surface area is 77.4 Å². The zero-order chi connectivity index (χ0) is 9.30. The molecule has 4 heteroatoms. The van der Waals surface area contributed by atoms with E-state index in [9.17, 15) is 0 Å². The Hall–Kier alpha value is -0.830. The van der Waals surface area contributed by atoms with Crippen molar-refractivity contribution in [1.29, 1.82) is 0 Å². The molecule has 0 fully saturated rings. The van der Waals surface area contributed by atoms with Gasteiger partial charge in [0, 0.05) is 25.4 Å². The minimum Gasteiger partial charge on any atom is -0.347 e. The lowest BCUT2D eigenvalue weighted by molar-refractivity contribution is 0.963. The summed E-state index contributed by atoms with van der Waals surface area (Å²) < 4.78 is 0. The first-order valence-electron chi connectivity index (χ1n) is 3.70. The largest absolute Gasteiger partial charge is 0.347 e. The van der Waals surface area contributed by atoms with E-state index in [2.05, 4.69) is 9.97 Å². The third-order valence-electron chi connectivity index (χ3n) is 1.72. The van der Waals surface area contributed by atoms with Crippen LogP contribution in [0.4, 0.5) is 5.95 Å². The first-order valence-corrected chi connectivity index (χ1v) is 4.08. The zero-order valence-corrected chi connectivity index (χ0v) is 8.48. The molecule has 0 bridgehead atoms.